The zero-order valence-electron chi connectivity index (χ0n) is 24.3. The van der Waals surface area contributed by atoms with Gasteiger partial charge in [0.15, 0.2) is 17.5 Å². The summed E-state index contributed by atoms with van der Waals surface area (Å²) in [5.74, 6) is 2.66. The highest BCUT2D eigenvalue weighted by molar-refractivity contribution is 5.88. The first-order chi connectivity index (χ1) is 22.3. The van der Waals surface area contributed by atoms with Gasteiger partial charge in [0.05, 0.1) is 11.0 Å². The fourth-order valence-corrected chi connectivity index (χ4v) is 5.73. The molecule has 5 heteroatoms. The van der Waals surface area contributed by atoms with E-state index in [1.165, 1.54) is 0 Å². The summed E-state index contributed by atoms with van der Waals surface area (Å²) in [5, 5.41) is 0. The van der Waals surface area contributed by atoms with Gasteiger partial charge in [-0.25, -0.2) is 19.9 Å². The van der Waals surface area contributed by atoms with E-state index in [4.69, 9.17) is 19.9 Å². The van der Waals surface area contributed by atoms with E-state index in [1.807, 2.05) is 84.9 Å². The monoisotopic (exact) mass is 577 g/mol. The maximum Gasteiger partial charge on any atom is 0.164 e. The Morgan fingerprint density at radius 2 is 0.867 bits per heavy atom. The minimum Gasteiger partial charge on any atom is -0.292 e. The number of aromatic nitrogens is 5. The van der Waals surface area contributed by atoms with Crippen LogP contribution in [0.4, 0.5) is 0 Å². The van der Waals surface area contributed by atoms with Gasteiger partial charge in [0.25, 0.3) is 0 Å². The van der Waals surface area contributed by atoms with Gasteiger partial charge >= 0.3 is 0 Å². The number of fused-ring (bicyclic) bond motifs is 1. The molecule has 0 atom stereocenters. The maximum absolute atomic E-state index is 5.20. The van der Waals surface area contributed by atoms with Crippen LogP contribution in [-0.2, 0) is 0 Å². The van der Waals surface area contributed by atoms with E-state index >= 15 is 0 Å². The van der Waals surface area contributed by atoms with Crippen LogP contribution in [0.3, 0.4) is 0 Å². The summed E-state index contributed by atoms with van der Waals surface area (Å²) in [6.45, 7) is 0. The van der Waals surface area contributed by atoms with Crippen LogP contribution in [0.5, 0.6) is 0 Å². The third-order valence-electron chi connectivity index (χ3n) is 7.88. The Hall–Kier alpha value is -6.20. The van der Waals surface area contributed by atoms with Crippen molar-refractivity contribution in [1.29, 1.82) is 0 Å². The van der Waals surface area contributed by atoms with Crippen molar-refractivity contribution in [1.82, 2.24) is 24.5 Å². The number of hydrogen-bond donors (Lipinski definition) is 0. The number of benzene rings is 6. The predicted octanol–water partition coefficient (Wildman–Crippen LogP) is 9.55. The van der Waals surface area contributed by atoms with Crippen LogP contribution in [0.2, 0.25) is 0 Å². The maximum atomic E-state index is 5.20. The average molecular weight is 578 g/mol. The van der Waals surface area contributed by atoms with Crippen molar-refractivity contribution in [2.75, 3.05) is 0 Å². The quantitative estimate of drug-likeness (QED) is 0.197. The summed E-state index contributed by atoms with van der Waals surface area (Å²) in [6, 6.07) is 55.7. The van der Waals surface area contributed by atoms with Gasteiger partial charge < -0.3 is 0 Å². The molecule has 5 nitrogen and oxygen atoms in total. The van der Waals surface area contributed by atoms with E-state index in [2.05, 4.69) is 83.4 Å². The molecule has 0 amide bonds. The number of rotatable bonds is 6. The zero-order valence-corrected chi connectivity index (χ0v) is 24.3. The van der Waals surface area contributed by atoms with E-state index in [9.17, 15) is 0 Å². The molecule has 0 aliphatic rings. The van der Waals surface area contributed by atoms with Gasteiger partial charge in [0.1, 0.15) is 5.82 Å². The van der Waals surface area contributed by atoms with Crippen LogP contribution in [0.15, 0.2) is 164 Å². The molecule has 0 saturated carbocycles. The van der Waals surface area contributed by atoms with E-state index < -0.39 is 0 Å². The Kier molecular flexibility index (Phi) is 6.74. The molecule has 0 aliphatic heterocycles. The van der Waals surface area contributed by atoms with Gasteiger partial charge in [0.2, 0.25) is 0 Å². The van der Waals surface area contributed by atoms with Gasteiger partial charge in [-0.1, -0.05) is 140 Å². The van der Waals surface area contributed by atoms with E-state index in [1.54, 1.807) is 0 Å². The molecular weight excluding hydrogens is 550 g/mol. The average Bonchev–Trinajstić information content (AvgIpc) is 3.52. The van der Waals surface area contributed by atoms with E-state index in [-0.39, 0.29) is 0 Å². The molecule has 8 rings (SSSR count). The third kappa shape index (κ3) is 5.07. The summed E-state index contributed by atoms with van der Waals surface area (Å²) in [6.07, 6.45) is 0. The van der Waals surface area contributed by atoms with Gasteiger partial charge in [-0.2, -0.15) is 0 Å². The molecule has 2 aromatic heterocycles. The highest BCUT2D eigenvalue weighted by Crippen LogP contribution is 2.36. The molecule has 0 aliphatic carbocycles. The SMILES string of the molecule is c1ccc(-c2cccc(-n3c(-c4ccccc4-c4nc(-c5ccccc5)nc(-c5ccccc5)n4)nc4ccccc43)c2)cc1. The number of imidazole rings is 1. The van der Waals surface area contributed by atoms with Crippen molar-refractivity contribution < 1.29 is 0 Å². The lowest BCUT2D eigenvalue weighted by atomic mass is 10.0. The van der Waals surface area contributed by atoms with Gasteiger partial charge in [0, 0.05) is 27.9 Å². The Morgan fingerprint density at radius 3 is 1.53 bits per heavy atom. The summed E-state index contributed by atoms with van der Waals surface area (Å²) in [4.78, 5) is 20.2. The fraction of sp³-hybridized carbons (Fsp3) is 0. The fourth-order valence-electron chi connectivity index (χ4n) is 5.73. The lowest BCUT2D eigenvalue weighted by Crippen LogP contribution is -2.03. The second-order valence-corrected chi connectivity index (χ2v) is 10.8. The lowest BCUT2D eigenvalue weighted by molar-refractivity contribution is 1.07. The van der Waals surface area contributed by atoms with Gasteiger partial charge in [-0.05, 0) is 35.4 Å². The molecule has 0 unspecified atom stereocenters. The number of para-hydroxylation sites is 2. The summed E-state index contributed by atoms with van der Waals surface area (Å²) in [7, 11) is 0. The van der Waals surface area contributed by atoms with Crippen LogP contribution in [-0.4, -0.2) is 24.5 Å². The van der Waals surface area contributed by atoms with E-state index in [0.717, 1.165) is 55.9 Å². The third-order valence-corrected chi connectivity index (χ3v) is 7.88. The predicted molar refractivity (Wildman–Crippen MR) is 182 cm³/mol. The highest BCUT2D eigenvalue weighted by Gasteiger charge is 2.20. The van der Waals surface area contributed by atoms with Gasteiger partial charge in [-0.3, -0.25) is 4.57 Å². The largest absolute Gasteiger partial charge is 0.292 e. The van der Waals surface area contributed by atoms with Crippen molar-refractivity contribution in [3.05, 3.63) is 164 Å². The molecule has 0 spiro atoms. The first-order valence-electron chi connectivity index (χ1n) is 14.9. The lowest BCUT2D eigenvalue weighted by Gasteiger charge is -2.14. The molecule has 6 aromatic carbocycles. The Labute approximate surface area is 261 Å². The van der Waals surface area contributed by atoms with Crippen LogP contribution < -0.4 is 0 Å². The Bertz CT molecular complexity index is 2200. The zero-order chi connectivity index (χ0) is 30.0. The van der Waals surface area contributed by atoms with Crippen LogP contribution in [0.1, 0.15) is 0 Å². The molecule has 8 aromatic rings. The van der Waals surface area contributed by atoms with Crippen LogP contribution in [0.25, 0.3) is 73.4 Å². The molecule has 45 heavy (non-hydrogen) atoms. The molecule has 2 heterocycles. The van der Waals surface area contributed by atoms with E-state index in [0.29, 0.717) is 17.5 Å². The van der Waals surface area contributed by atoms with Crippen molar-refractivity contribution >= 4 is 11.0 Å². The second-order valence-electron chi connectivity index (χ2n) is 10.8. The Balaban J connectivity index is 1.35. The molecule has 0 N–H and O–H groups in total. The highest BCUT2D eigenvalue weighted by atomic mass is 15.1. The summed E-state index contributed by atoms with van der Waals surface area (Å²) < 4.78 is 2.23. The first kappa shape index (κ1) is 26.4. The van der Waals surface area contributed by atoms with Crippen LogP contribution >= 0.6 is 0 Å². The molecule has 0 saturated heterocycles. The second kappa shape index (κ2) is 11.5. The topological polar surface area (TPSA) is 56.5 Å². The van der Waals surface area contributed by atoms with Crippen molar-refractivity contribution in [2.24, 2.45) is 0 Å². The first-order valence-corrected chi connectivity index (χ1v) is 14.9. The van der Waals surface area contributed by atoms with Crippen molar-refractivity contribution in [3.8, 4) is 62.4 Å². The molecular formula is C40H27N5. The summed E-state index contributed by atoms with van der Waals surface area (Å²) >= 11 is 0. The van der Waals surface area contributed by atoms with Crippen molar-refractivity contribution in [3.63, 3.8) is 0 Å². The number of nitrogens with zero attached hydrogens (tertiary/aromatic N) is 5. The standard InChI is InChI=1S/C40H27N5/c1-4-15-28(16-5-1)31-21-14-22-32(27-31)45-36-26-13-12-25-35(36)41-40(45)34-24-11-10-23-33(34)39-43-37(29-17-6-2-7-18-29)42-38(44-39)30-19-8-3-9-20-30/h1-27H. The molecule has 212 valence electrons. The van der Waals surface area contributed by atoms with Gasteiger partial charge in [-0.15, -0.1) is 0 Å². The molecule has 0 fully saturated rings. The minimum absolute atomic E-state index is 0.593. The Morgan fingerprint density at radius 1 is 0.356 bits per heavy atom. The normalized spacial score (nSPS) is 11.1. The van der Waals surface area contributed by atoms with Crippen molar-refractivity contribution in [2.45, 2.75) is 0 Å². The summed E-state index contributed by atoms with van der Waals surface area (Å²) in [5.41, 5.74) is 8.95. The number of hydrogen-bond acceptors (Lipinski definition) is 4. The molecule has 0 radical (unpaired) electrons. The smallest absolute Gasteiger partial charge is 0.164 e. The van der Waals surface area contributed by atoms with Crippen LogP contribution in [0, 0.1) is 0 Å². The molecule has 0 bridgehead atoms. The minimum atomic E-state index is 0.593.